The highest BCUT2D eigenvalue weighted by molar-refractivity contribution is 9.11. The summed E-state index contributed by atoms with van der Waals surface area (Å²) in [6, 6.07) is 1.85. The van der Waals surface area contributed by atoms with Gasteiger partial charge in [-0.05, 0) is 37.9 Å². The van der Waals surface area contributed by atoms with Crippen LogP contribution < -0.4 is 5.90 Å². The number of rotatable bonds is 3. The summed E-state index contributed by atoms with van der Waals surface area (Å²) >= 11 is 6.67. The molecule has 0 aliphatic rings. The average Bonchev–Trinajstić information content (AvgIpc) is 2.67. The fraction of sp³-hybridized carbons (Fsp3) is 0.125. The first-order chi connectivity index (χ1) is 7.70. The summed E-state index contributed by atoms with van der Waals surface area (Å²) < 4.78 is 6.53. The van der Waals surface area contributed by atoms with Gasteiger partial charge in [0.2, 0.25) is 5.82 Å². The highest BCUT2D eigenvalue weighted by Crippen LogP contribution is 2.26. The van der Waals surface area contributed by atoms with Gasteiger partial charge in [-0.25, -0.2) is 5.90 Å². The molecule has 0 saturated heterocycles. The van der Waals surface area contributed by atoms with Gasteiger partial charge in [0.25, 0.3) is 5.89 Å². The molecule has 0 atom stereocenters. The van der Waals surface area contributed by atoms with Gasteiger partial charge >= 0.3 is 0 Å². The lowest BCUT2D eigenvalue weighted by molar-refractivity contribution is 0.0996. The lowest BCUT2D eigenvalue weighted by Gasteiger charge is -1.97. The molecule has 0 amide bonds. The maximum absolute atomic E-state index is 4.91. The smallest absolute Gasteiger partial charge is 0.255 e. The molecule has 2 N–H and O–H groups in total. The van der Waals surface area contributed by atoms with Crippen LogP contribution in [0.25, 0.3) is 11.5 Å². The molecule has 2 rings (SSSR count). The van der Waals surface area contributed by atoms with Crippen LogP contribution in [0.3, 0.4) is 0 Å². The molecular formula is C8H6Br2N4O2. The van der Waals surface area contributed by atoms with Crippen LogP contribution in [-0.2, 0) is 11.4 Å². The van der Waals surface area contributed by atoms with E-state index in [1.54, 1.807) is 6.20 Å². The molecule has 0 saturated carbocycles. The minimum Gasteiger partial charge on any atom is -0.336 e. The van der Waals surface area contributed by atoms with Crippen molar-refractivity contribution in [2.45, 2.75) is 6.61 Å². The standard InChI is InChI=1S/C8H6Br2N4O2/c9-4-1-5(10)7(12-2-4)8-13-6(3-15-11)16-14-8/h1-2H,3,11H2. The van der Waals surface area contributed by atoms with Gasteiger partial charge in [-0.15, -0.1) is 0 Å². The average molecular weight is 350 g/mol. The van der Waals surface area contributed by atoms with Crippen molar-refractivity contribution in [1.82, 2.24) is 15.1 Å². The van der Waals surface area contributed by atoms with Crippen molar-refractivity contribution in [3.8, 4) is 11.5 Å². The van der Waals surface area contributed by atoms with E-state index in [0.29, 0.717) is 17.4 Å². The number of hydrogen-bond acceptors (Lipinski definition) is 6. The minimum absolute atomic E-state index is 0.0706. The second kappa shape index (κ2) is 5.00. The Kier molecular flexibility index (Phi) is 3.64. The molecule has 2 heterocycles. The summed E-state index contributed by atoms with van der Waals surface area (Å²) in [5, 5.41) is 3.77. The van der Waals surface area contributed by atoms with Crippen molar-refractivity contribution in [2.75, 3.05) is 0 Å². The summed E-state index contributed by atoms with van der Waals surface area (Å²) in [5.74, 6) is 5.58. The maximum Gasteiger partial charge on any atom is 0.255 e. The van der Waals surface area contributed by atoms with E-state index >= 15 is 0 Å². The Labute approximate surface area is 107 Å². The first kappa shape index (κ1) is 11.6. The van der Waals surface area contributed by atoms with Gasteiger partial charge in [-0.1, -0.05) is 5.16 Å². The fourth-order valence-corrected chi connectivity index (χ4v) is 2.22. The number of nitrogens with two attached hydrogens (primary N) is 1. The maximum atomic E-state index is 4.91. The Morgan fingerprint density at radius 3 is 2.94 bits per heavy atom. The molecule has 0 aromatic carbocycles. The normalized spacial score (nSPS) is 10.7. The number of nitrogens with zero attached hydrogens (tertiary/aromatic N) is 3. The second-order valence-electron chi connectivity index (χ2n) is 2.81. The molecule has 0 spiro atoms. The van der Waals surface area contributed by atoms with Crippen molar-refractivity contribution in [2.24, 2.45) is 5.90 Å². The van der Waals surface area contributed by atoms with Crippen LogP contribution in [0.5, 0.6) is 0 Å². The van der Waals surface area contributed by atoms with Crippen LogP contribution in [0, 0.1) is 0 Å². The van der Waals surface area contributed by atoms with Gasteiger partial charge in [0.1, 0.15) is 12.3 Å². The molecule has 8 heteroatoms. The van der Waals surface area contributed by atoms with Gasteiger partial charge in [0.05, 0.1) is 0 Å². The van der Waals surface area contributed by atoms with E-state index in [1.165, 1.54) is 0 Å². The molecule has 0 unspecified atom stereocenters. The molecule has 16 heavy (non-hydrogen) atoms. The number of hydrogen-bond donors (Lipinski definition) is 1. The predicted molar refractivity (Wildman–Crippen MR) is 61.9 cm³/mol. The van der Waals surface area contributed by atoms with Crippen LogP contribution in [0.4, 0.5) is 0 Å². The minimum atomic E-state index is 0.0706. The number of aromatic nitrogens is 3. The molecule has 0 fully saturated rings. The first-order valence-electron chi connectivity index (χ1n) is 4.16. The van der Waals surface area contributed by atoms with Crippen LogP contribution in [0.2, 0.25) is 0 Å². The van der Waals surface area contributed by atoms with Crippen LogP contribution in [-0.4, -0.2) is 15.1 Å². The molecule has 0 bridgehead atoms. The summed E-state index contributed by atoms with van der Waals surface area (Å²) in [6.07, 6.45) is 1.65. The largest absolute Gasteiger partial charge is 0.336 e. The Hall–Kier alpha value is -0.830. The van der Waals surface area contributed by atoms with Gasteiger partial charge in [-0.3, -0.25) is 9.82 Å². The molecule has 6 nitrogen and oxygen atoms in total. The zero-order chi connectivity index (χ0) is 11.5. The SMILES string of the molecule is NOCc1nc(-c2ncc(Br)cc2Br)no1. The van der Waals surface area contributed by atoms with Crippen molar-refractivity contribution in [3.63, 3.8) is 0 Å². The molecule has 2 aromatic rings. The number of pyridine rings is 1. The van der Waals surface area contributed by atoms with Gasteiger partial charge in [0, 0.05) is 15.1 Å². The van der Waals surface area contributed by atoms with Gasteiger partial charge in [-0.2, -0.15) is 4.98 Å². The summed E-state index contributed by atoms with van der Waals surface area (Å²) in [5.41, 5.74) is 0.593. The molecule has 84 valence electrons. The zero-order valence-corrected chi connectivity index (χ0v) is 11.0. The lowest BCUT2D eigenvalue weighted by Crippen LogP contribution is -1.98. The van der Waals surface area contributed by atoms with Crippen LogP contribution in [0.1, 0.15) is 5.89 Å². The van der Waals surface area contributed by atoms with E-state index in [-0.39, 0.29) is 6.61 Å². The van der Waals surface area contributed by atoms with Crippen molar-refractivity contribution in [3.05, 3.63) is 27.1 Å². The third kappa shape index (κ3) is 2.46. The second-order valence-corrected chi connectivity index (χ2v) is 4.58. The Balaban J connectivity index is 2.35. The monoisotopic (exact) mass is 348 g/mol. The summed E-state index contributed by atoms with van der Waals surface area (Å²) in [6.45, 7) is 0.0706. The Morgan fingerprint density at radius 2 is 2.25 bits per heavy atom. The molecule has 0 aliphatic carbocycles. The van der Waals surface area contributed by atoms with Gasteiger partial charge < -0.3 is 4.52 Å². The Bertz CT molecular complexity index is 503. The van der Waals surface area contributed by atoms with E-state index < -0.39 is 0 Å². The Morgan fingerprint density at radius 1 is 1.44 bits per heavy atom. The van der Waals surface area contributed by atoms with Crippen molar-refractivity contribution < 1.29 is 9.36 Å². The quantitative estimate of drug-likeness (QED) is 0.853. The van der Waals surface area contributed by atoms with E-state index in [9.17, 15) is 0 Å². The topological polar surface area (TPSA) is 87.1 Å². The van der Waals surface area contributed by atoms with E-state index in [0.717, 1.165) is 8.95 Å². The first-order valence-corrected chi connectivity index (χ1v) is 5.75. The third-order valence-corrected chi connectivity index (χ3v) is 2.73. The molecule has 2 aromatic heterocycles. The van der Waals surface area contributed by atoms with Crippen LogP contribution >= 0.6 is 31.9 Å². The molecule has 0 aliphatic heterocycles. The highest BCUT2D eigenvalue weighted by atomic mass is 79.9. The molecular weight excluding hydrogens is 344 g/mol. The van der Waals surface area contributed by atoms with E-state index in [2.05, 4.69) is 51.8 Å². The van der Waals surface area contributed by atoms with E-state index in [4.69, 9.17) is 10.4 Å². The summed E-state index contributed by atoms with van der Waals surface area (Å²) in [7, 11) is 0. The number of halogens is 2. The fourth-order valence-electron chi connectivity index (χ4n) is 1.06. The summed E-state index contributed by atoms with van der Waals surface area (Å²) in [4.78, 5) is 12.6. The lowest BCUT2D eigenvalue weighted by atomic mass is 10.3. The van der Waals surface area contributed by atoms with E-state index in [1.807, 2.05) is 6.07 Å². The predicted octanol–water partition coefficient (Wildman–Crippen LogP) is 2.05. The third-order valence-electron chi connectivity index (χ3n) is 1.69. The van der Waals surface area contributed by atoms with Crippen molar-refractivity contribution >= 4 is 31.9 Å². The zero-order valence-electron chi connectivity index (χ0n) is 7.85. The van der Waals surface area contributed by atoms with Gasteiger partial charge in [0.15, 0.2) is 0 Å². The highest BCUT2D eigenvalue weighted by Gasteiger charge is 2.13. The van der Waals surface area contributed by atoms with Crippen molar-refractivity contribution in [1.29, 1.82) is 0 Å². The molecule has 0 radical (unpaired) electrons. The van der Waals surface area contributed by atoms with Crippen LogP contribution in [0.15, 0.2) is 25.7 Å².